The van der Waals surface area contributed by atoms with Crippen LogP contribution in [0.3, 0.4) is 0 Å². The molecule has 0 saturated carbocycles. The quantitative estimate of drug-likeness (QED) is 0.906. The van der Waals surface area contributed by atoms with Gasteiger partial charge in [0.2, 0.25) is 0 Å². The smallest absolute Gasteiger partial charge is 0.324 e. The number of benzene rings is 1. The third-order valence-corrected chi connectivity index (χ3v) is 4.18. The molecule has 0 spiro atoms. The van der Waals surface area contributed by atoms with Crippen LogP contribution in [0.4, 0.5) is 0 Å². The van der Waals surface area contributed by atoms with Crippen LogP contribution in [-0.4, -0.2) is 34.6 Å². The number of hydrogen-bond donors (Lipinski definition) is 1. The largest absolute Gasteiger partial charge is 0.480 e. The van der Waals surface area contributed by atoms with Gasteiger partial charge < -0.3 is 5.11 Å². The van der Waals surface area contributed by atoms with Gasteiger partial charge in [-0.25, -0.2) is 0 Å². The predicted octanol–water partition coefficient (Wildman–Crippen LogP) is 2.87. The molecule has 0 amide bonds. The van der Waals surface area contributed by atoms with Gasteiger partial charge in [0.05, 0.1) is 0 Å². The van der Waals surface area contributed by atoms with Crippen molar-refractivity contribution in [2.24, 2.45) is 0 Å². The third kappa shape index (κ3) is 3.16. The Labute approximate surface area is 115 Å². The molecule has 2 rings (SSSR count). The average Bonchev–Trinajstić information content (AvgIpc) is 2.42. The number of likely N-dealkylation sites (tertiary alicyclic amines) is 1. The molecule has 0 aliphatic carbocycles. The highest BCUT2D eigenvalue weighted by Crippen LogP contribution is 2.25. The van der Waals surface area contributed by atoms with Crippen molar-refractivity contribution in [2.75, 3.05) is 13.1 Å². The lowest BCUT2D eigenvalue weighted by Gasteiger charge is -2.40. The Morgan fingerprint density at radius 3 is 2.32 bits per heavy atom. The lowest BCUT2D eigenvalue weighted by molar-refractivity contribution is -0.151. The molecular weight excluding hydrogens is 238 g/mol. The van der Waals surface area contributed by atoms with Gasteiger partial charge in [0, 0.05) is 6.42 Å². The summed E-state index contributed by atoms with van der Waals surface area (Å²) < 4.78 is 0. The highest BCUT2D eigenvalue weighted by molar-refractivity contribution is 5.78. The zero-order valence-electron chi connectivity index (χ0n) is 11.9. The fourth-order valence-corrected chi connectivity index (χ4v) is 2.81. The van der Waals surface area contributed by atoms with Gasteiger partial charge in [0.1, 0.15) is 5.54 Å². The number of aliphatic carboxylic acids is 1. The summed E-state index contributed by atoms with van der Waals surface area (Å²) in [6.07, 6.45) is 4.01. The first-order valence-corrected chi connectivity index (χ1v) is 7.06. The first-order chi connectivity index (χ1) is 9.02. The number of piperidine rings is 1. The maximum atomic E-state index is 11.8. The molecule has 1 fully saturated rings. The van der Waals surface area contributed by atoms with E-state index in [9.17, 15) is 9.90 Å². The molecule has 0 radical (unpaired) electrons. The Morgan fingerprint density at radius 2 is 1.79 bits per heavy atom. The van der Waals surface area contributed by atoms with E-state index in [0.717, 1.165) is 31.5 Å². The second-order valence-corrected chi connectivity index (χ2v) is 5.79. The van der Waals surface area contributed by atoms with Gasteiger partial charge in [-0.2, -0.15) is 0 Å². The molecule has 3 heteroatoms. The van der Waals surface area contributed by atoms with Crippen LogP contribution in [0.1, 0.15) is 37.3 Å². The second-order valence-electron chi connectivity index (χ2n) is 5.79. The number of aryl methyl sites for hydroxylation is 1. The van der Waals surface area contributed by atoms with E-state index < -0.39 is 11.5 Å². The fourth-order valence-electron chi connectivity index (χ4n) is 2.81. The van der Waals surface area contributed by atoms with E-state index in [1.807, 2.05) is 38.1 Å². The van der Waals surface area contributed by atoms with Gasteiger partial charge >= 0.3 is 5.97 Å². The number of hydrogen-bond acceptors (Lipinski definition) is 2. The van der Waals surface area contributed by atoms with Crippen molar-refractivity contribution in [1.82, 2.24) is 4.90 Å². The molecule has 0 bridgehead atoms. The molecule has 104 valence electrons. The van der Waals surface area contributed by atoms with Crippen LogP contribution in [0.5, 0.6) is 0 Å². The van der Waals surface area contributed by atoms with Crippen LogP contribution < -0.4 is 0 Å². The van der Waals surface area contributed by atoms with Gasteiger partial charge in [-0.15, -0.1) is 0 Å². The van der Waals surface area contributed by atoms with Crippen LogP contribution in [-0.2, 0) is 11.2 Å². The highest BCUT2D eigenvalue weighted by atomic mass is 16.4. The Balaban J connectivity index is 2.18. The van der Waals surface area contributed by atoms with Crippen molar-refractivity contribution in [3.63, 3.8) is 0 Å². The maximum Gasteiger partial charge on any atom is 0.324 e. The van der Waals surface area contributed by atoms with Crippen LogP contribution >= 0.6 is 0 Å². The second kappa shape index (κ2) is 5.74. The van der Waals surface area contributed by atoms with Crippen LogP contribution in [0.2, 0.25) is 0 Å². The molecule has 1 aliphatic rings. The molecule has 3 nitrogen and oxygen atoms in total. The fraction of sp³-hybridized carbons (Fsp3) is 0.562. The normalized spacial score (nSPS) is 19.9. The summed E-state index contributed by atoms with van der Waals surface area (Å²) in [4.78, 5) is 13.9. The maximum absolute atomic E-state index is 11.8. The summed E-state index contributed by atoms with van der Waals surface area (Å²) in [5.41, 5.74) is 1.52. The zero-order chi connectivity index (χ0) is 13.9. The van der Waals surface area contributed by atoms with E-state index in [2.05, 4.69) is 4.90 Å². The number of rotatable bonds is 4. The molecule has 1 aliphatic heterocycles. The molecule has 1 unspecified atom stereocenters. The van der Waals surface area contributed by atoms with Gasteiger partial charge in [0.15, 0.2) is 0 Å². The average molecular weight is 261 g/mol. The van der Waals surface area contributed by atoms with E-state index in [4.69, 9.17) is 0 Å². The predicted molar refractivity (Wildman–Crippen MR) is 76.3 cm³/mol. The molecule has 19 heavy (non-hydrogen) atoms. The first-order valence-electron chi connectivity index (χ1n) is 7.06. The molecule has 1 saturated heterocycles. The minimum atomic E-state index is -0.782. The van der Waals surface area contributed by atoms with E-state index >= 15 is 0 Å². The van der Waals surface area contributed by atoms with Crippen molar-refractivity contribution >= 4 is 5.97 Å². The molecule has 1 aromatic carbocycles. The van der Waals surface area contributed by atoms with Crippen LogP contribution in [0.15, 0.2) is 24.3 Å². The van der Waals surface area contributed by atoms with E-state index in [0.29, 0.717) is 6.42 Å². The van der Waals surface area contributed by atoms with Gasteiger partial charge in [0.25, 0.3) is 0 Å². The lowest BCUT2D eigenvalue weighted by Crippen LogP contribution is -2.55. The summed E-state index contributed by atoms with van der Waals surface area (Å²) in [6, 6.07) is 8.18. The lowest BCUT2D eigenvalue weighted by atomic mass is 9.89. The number of carbonyl (C=O) groups is 1. The Hall–Kier alpha value is -1.35. The molecule has 1 N–H and O–H groups in total. The van der Waals surface area contributed by atoms with Crippen molar-refractivity contribution in [1.29, 1.82) is 0 Å². The zero-order valence-corrected chi connectivity index (χ0v) is 11.9. The summed E-state index contributed by atoms with van der Waals surface area (Å²) in [7, 11) is 0. The molecule has 1 heterocycles. The van der Waals surface area contributed by atoms with E-state index in [1.54, 1.807) is 0 Å². The Morgan fingerprint density at radius 1 is 1.21 bits per heavy atom. The van der Waals surface area contributed by atoms with Crippen molar-refractivity contribution in [3.05, 3.63) is 35.4 Å². The van der Waals surface area contributed by atoms with Crippen molar-refractivity contribution in [3.8, 4) is 0 Å². The van der Waals surface area contributed by atoms with E-state index in [1.165, 1.54) is 12.0 Å². The standard InChI is InChI=1S/C16H23NO2/c1-13-6-8-14(9-7-13)12-16(2,15(18)19)17-10-4-3-5-11-17/h6-9H,3-5,10-12H2,1-2H3,(H,18,19). The molecule has 1 atom stereocenters. The summed E-state index contributed by atoms with van der Waals surface area (Å²) in [5.74, 6) is -0.713. The van der Waals surface area contributed by atoms with E-state index in [-0.39, 0.29) is 0 Å². The monoisotopic (exact) mass is 261 g/mol. The molecular formula is C16H23NO2. The molecule has 1 aromatic rings. The first kappa shape index (κ1) is 14.1. The Bertz CT molecular complexity index is 435. The Kier molecular flexibility index (Phi) is 4.25. The van der Waals surface area contributed by atoms with Crippen molar-refractivity contribution < 1.29 is 9.90 Å². The third-order valence-electron chi connectivity index (χ3n) is 4.18. The summed E-state index contributed by atoms with van der Waals surface area (Å²) in [5, 5.41) is 9.66. The van der Waals surface area contributed by atoms with Gasteiger partial charge in [-0.05, 0) is 45.3 Å². The minimum Gasteiger partial charge on any atom is -0.480 e. The summed E-state index contributed by atoms with van der Waals surface area (Å²) in [6.45, 7) is 5.70. The number of nitrogens with zero attached hydrogens (tertiary/aromatic N) is 1. The SMILES string of the molecule is Cc1ccc(CC(C)(C(=O)O)N2CCCCC2)cc1. The summed E-state index contributed by atoms with van der Waals surface area (Å²) >= 11 is 0. The van der Waals surface area contributed by atoms with Gasteiger partial charge in [-0.1, -0.05) is 36.2 Å². The number of carboxylic acid groups (broad SMARTS) is 1. The van der Waals surface area contributed by atoms with Gasteiger partial charge in [-0.3, -0.25) is 9.69 Å². The highest BCUT2D eigenvalue weighted by Gasteiger charge is 2.39. The van der Waals surface area contributed by atoms with Crippen LogP contribution in [0, 0.1) is 6.92 Å². The topological polar surface area (TPSA) is 40.5 Å². The van der Waals surface area contributed by atoms with Crippen LogP contribution in [0.25, 0.3) is 0 Å². The molecule has 0 aromatic heterocycles. The minimum absolute atomic E-state index is 0.572. The number of carboxylic acids is 1. The van der Waals surface area contributed by atoms with Crippen molar-refractivity contribution in [2.45, 2.75) is 45.1 Å².